The van der Waals surface area contributed by atoms with E-state index < -0.39 is 0 Å². The molecule has 0 atom stereocenters. The smallest absolute Gasteiger partial charge is 0.207 e. The van der Waals surface area contributed by atoms with Crippen LogP contribution in [0.25, 0.3) is 22.8 Å². The van der Waals surface area contributed by atoms with Crippen molar-refractivity contribution in [2.75, 3.05) is 24.7 Å². The highest BCUT2D eigenvalue weighted by atomic mass is 33.1. The van der Waals surface area contributed by atoms with Crippen molar-refractivity contribution in [1.29, 1.82) is 0 Å². The van der Waals surface area contributed by atoms with Gasteiger partial charge in [-0.15, -0.1) is 20.4 Å². The second kappa shape index (κ2) is 8.37. The molecule has 0 fully saturated rings. The van der Waals surface area contributed by atoms with Gasteiger partial charge in [0.05, 0.1) is 24.3 Å². The minimum absolute atomic E-state index is 0.442. The van der Waals surface area contributed by atoms with Crippen molar-refractivity contribution >= 4 is 21.6 Å². The fourth-order valence-electron chi connectivity index (χ4n) is 2.49. The lowest BCUT2D eigenvalue weighted by Crippen LogP contribution is -2.06. The monoisotopic (exact) mass is 384 g/mol. The summed E-state index contributed by atoms with van der Waals surface area (Å²) in [6.45, 7) is 1.22. The van der Waals surface area contributed by atoms with E-state index in [2.05, 4.69) is 20.4 Å². The molecule has 0 unspecified atom stereocenters. The number of nitrogens with zero attached hydrogens (tertiary/aromatic N) is 4. The summed E-state index contributed by atoms with van der Waals surface area (Å²) in [7, 11) is 3.55. The minimum Gasteiger partial charge on any atom is -0.492 e. The van der Waals surface area contributed by atoms with Gasteiger partial charge >= 0.3 is 0 Å². The summed E-state index contributed by atoms with van der Waals surface area (Å²) in [5.74, 6) is 4.13. The number of rotatable bonds is 0. The highest BCUT2D eigenvalue weighted by Gasteiger charge is 2.14. The molecule has 2 bridgehead atoms. The molecule has 5 rings (SSSR count). The number of ether oxygens (including phenoxy) is 2. The molecule has 0 saturated carbocycles. The van der Waals surface area contributed by atoms with Gasteiger partial charge in [0.15, 0.2) is 0 Å². The molecule has 0 N–H and O–H groups in total. The van der Waals surface area contributed by atoms with E-state index in [1.165, 1.54) is 0 Å². The SMILES string of the molecule is c1ccc2c(c1)OCCSSCCOc1ccccc1-c1nnc-2nn1. The first-order valence-electron chi connectivity index (χ1n) is 8.18. The van der Waals surface area contributed by atoms with Gasteiger partial charge in [-0.25, -0.2) is 0 Å². The molecule has 0 spiro atoms. The molecule has 0 amide bonds. The number of hydrogen-bond donors (Lipinski definition) is 0. The summed E-state index contributed by atoms with van der Waals surface area (Å²) < 4.78 is 11.8. The van der Waals surface area contributed by atoms with Crippen LogP contribution in [0.15, 0.2) is 48.5 Å². The third-order valence-corrected chi connectivity index (χ3v) is 6.00. The topological polar surface area (TPSA) is 70.0 Å². The molecule has 2 aromatic carbocycles. The third-order valence-electron chi connectivity index (χ3n) is 3.67. The van der Waals surface area contributed by atoms with E-state index in [0.29, 0.717) is 24.9 Å². The van der Waals surface area contributed by atoms with Crippen LogP contribution >= 0.6 is 21.6 Å². The Kier molecular flexibility index (Phi) is 5.51. The lowest BCUT2D eigenvalue weighted by molar-refractivity contribution is 0.344. The van der Waals surface area contributed by atoms with Crippen molar-refractivity contribution in [2.24, 2.45) is 0 Å². The van der Waals surface area contributed by atoms with Crippen LogP contribution in [-0.2, 0) is 0 Å². The molecule has 26 heavy (non-hydrogen) atoms. The summed E-state index contributed by atoms with van der Waals surface area (Å²) in [4.78, 5) is 0. The van der Waals surface area contributed by atoms with Crippen molar-refractivity contribution in [1.82, 2.24) is 20.4 Å². The second-order valence-electron chi connectivity index (χ2n) is 5.38. The van der Waals surface area contributed by atoms with E-state index in [1.54, 1.807) is 21.6 Å². The number of para-hydroxylation sites is 2. The van der Waals surface area contributed by atoms with Crippen molar-refractivity contribution in [2.45, 2.75) is 0 Å². The maximum absolute atomic E-state index is 5.90. The van der Waals surface area contributed by atoms with Crippen LogP contribution < -0.4 is 9.47 Å². The standard InChI is InChI=1S/C18H16N4O2S2/c1-3-7-15-13(5-1)17-19-21-18(22-20-17)14-6-2-4-8-16(14)24-10-12-26-25-11-9-23-15/h1-8H,9-12H2. The van der Waals surface area contributed by atoms with Gasteiger partial charge in [-0.2, -0.15) is 0 Å². The maximum atomic E-state index is 5.90. The van der Waals surface area contributed by atoms with E-state index in [0.717, 1.165) is 34.1 Å². The van der Waals surface area contributed by atoms with E-state index in [4.69, 9.17) is 9.47 Å². The van der Waals surface area contributed by atoms with Gasteiger partial charge in [0.2, 0.25) is 11.6 Å². The largest absolute Gasteiger partial charge is 0.492 e. The van der Waals surface area contributed by atoms with Crippen molar-refractivity contribution in [3.8, 4) is 34.3 Å². The zero-order valence-corrected chi connectivity index (χ0v) is 15.5. The Morgan fingerprint density at radius 1 is 0.615 bits per heavy atom. The molecule has 132 valence electrons. The van der Waals surface area contributed by atoms with E-state index in [-0.39, 0.29) is 0 Å². The lowest BCUT2D eigenvalue weighted by atomic mass is 10.2. The van der Waals surface area contributed by atoms with Gasteiger partial charge in [0.1, 0.15) is 11.5 Å². The van der Waals surface area contributed by atoms with Crippen LogP contribution in [0.5, 0.6) is 11.5 Å². The number of benzene rings is 2. The third kappa shape index (κ3) is 3.91. The average molecular weight is 384 g/mol. The van der Waals surface area contributed by atoms with Gasteiger partial charge in [-0.05, 0) is 24.3 Å². The van der Waals surface area contributed by atoms with Crippen LogP contribution in [0.4, 0.5) is 0 Å². The van der Waals surface area contributed by atoms with Gasteiger partial charge in [0, 0.05) is 11.5 Å². The normalized spacial score (nSPS) is 14.6. The number of fused-ring (bicyclic) bond motifs is 9. The van der Waals surface area contributed by atoms with E-state index in [9.17, 15) is 0 Å². The summed E-state index contributed by atoms with van der Waals surface area (Å²) in [5.41, 5.74) is 1.57. The molecule has 0 radical (unpaired) electrons. The highest BCUT2D eigenvalue weighted by molar-refractivity contribution is 8.76. The Labute approximate surface area is 159 Å². The van der Waals surface area contributed by atoms with Crippen LogP contribution in [0.1, 0.15) is 0 Å². The molecule has 6 nitrogen and oxygen atoms in total. The molecule has 8 heteroatoms. The first-order valence-corrected chi connectivity index (χ1v) is 10.7. The zero-order chi connectivity index (χ0) is 17.6. The van der Waals surface area contributed by atoms with Crippen molar-refractivity contribution < 1.29 is 9.47 Å². The van der Waals surface area contributed by atoms with Crippen molar-refractivity contribution in [3.05, 3.63) is 48.5 Å². The summed E-state index contributed by atoms with van der Waals surface area (Å²) in [5, 5.41) is 17.0. The Morgan fingerprint density at radius 3 is 1.50 bits per heavy atom. The number of aromatic nitrogens is 4. The first-order chi connectivity index (χ1) is 12.9. The molecular weight excluding hydrogens is 368 g/mol. The average Bonchev–Trinajstić information content (AvgIpc) is 2.70. The van der Waals surface area contributed by atoms with Gasteiger partial charge < -0.3 is 9.47 Å². The Balaban J connectivity index is 1.73. The van der Waals surface area contributed by atoms with Crippen molar-refractivity contribution in [3.63, 3.8) is 0 Å². The summed E-state index contributed by atoms with van der Waals surface area (Å²) >= 11 is 0. The molecule has 0 aliphatic carbocycles. The van der Waals surface area contributed by atoms with Gasteiger partial charge in [-0.3, -0.25) is 0 Å². The van der Waals surface area contributed by atoms with Crippen LogP contribution in [0.3, 0.4) is 0 Å². The second-order valence-corrected chi connectivity index (χ2v) is 8.08. The highest BCUT2D eigenvalue weighted by Crippen LogP contribution is 2.30. The zero-order valence-electron chi connectivity index (χ0n) is 13.9. The Bertz CT molecular complexity index is 805. The first kappa shape index (κ1) is 17.1. The maximum Gasteiger partial charge on any atom is 0.207 e. The Morgan fingerprint density at radius 2 is 1.04 bits per heavy atom. The van der Waals surface area contributed by atoms with Crippen LogP contribution in [-0.4, -0.2) is 45.1 Å². The summed E-state index contributed by atoms with van der Waals surface area (Å²) in [6, 6.07) is 15.4. The van der Waals surface area contributed by atoms with Crippen LogP contribution in [0, 0.1) is 0 Å². The van der Waals surface area contributed by atoms with Gasteiger partial charge in [0.25, 0.3) is 0 Å². The molecule has 3 aromatic rings. The predicted molar refractivity (Wildman–Crippen MR) is 104 cm³/mol. The van der Waals surface area contributed by atoms with Crippen LogP contribution in [0.2, 0.25) is 0 Å². The summed E-state index contributed by atoms with van der Waals surface area (Å²) in [6.07, 6.45) is 0. The molecule has 2 aliphatic heterocycles. The molecule has 2 aliphatic rings. The molecule has 1 aromatic heterocycles. The quantitative estimate of drug-likeness (QED) is 0.543. The van der Waals surface area contributed by atoms with Gasteiger partial charge in [-0.1, -0.05) is 45.9 Å². The van der Waals surface area contributed by atoms with E-state index >= 15 is 0 Å². The predicted octanol–water partition coefficient (Wildman–Crippen LogP) is 3.75. The number of hydrogen-bond acceptors (Lipinski definition) is 8. The molecule has 0 saturated heterocycles. The fourth-order valence-corrected chi connectivity index (χ4v) is 4.14. The van der Waals surface area contributed by atoms with E-state index in [1.807, 2.05) is 48.5 Å². The molecule has 3 heterocycles. The molecular formula is C18H16N4O2S2. The lowest BCUT2D eigenvalue weighted by Gasteiger charge is -2.12. The minimum atomic E-state index is 0.442. The fraction of sp³-hybridized carbons (Fsp3) is 0.222. The Hall–Kier alpha value is -2.32.